The van der Waals surface area contributed by atoms with Crippen LogP contribution in [0.1, 0.15) is 24.9 Å². The molecule has 0 aromatic heterocycles. The van der Waals surface area contributed by atoms with Crippen LogP contribution in [-0.4, -0.2) is 0 Å². The molecule has 0 amide bonds. The predicted octanol–water partition coefficient (Wildman–Crippen LogP) is 3.42. The number of hydrogen-bond donors (Lipinski definition) is 1. The SMILES string of the molecule is CC[C@@H](N)c1cc(F)cc(Br)c1.Cl. The monoisotopic (exact) mass is 267 g/mol. The Morgan fingerprint density at radius 1 is 1.46 bits per heavy atom. The first-order chi connectivity index (χ1) is 5.63. The molecule has 1 aromatic carbocycles. The number of benzene rings is 1. The van der Waals surface area contributed by atoms with Gasteiger partial charge in [-0.1, -0.05) is 22.9 Å². The van der Waals surface area contributed by atoms with Gasteiger partial charge in [0.15, 0.2) is 0 Å². The molecule has 1 nitrogen and oxygen atoms in total. The summed E-state index contributed by atoms with van der Waals surface area (Å²) in [7, 11) is 0. The van der Waals surface area contributed by atoms with Crippen LogP contribution >= 0.6 is 28.3 Å². The highest BCUT2D eigenvalue weighted by Gasteiger charge is 2.05. The van der Waals surface area contributed by atoms with E-state index in [1.54, 1.807) is 0 Å². The maximum Gasteiger partial charge on any atom is 0.124 e. The lowest BCUT2D eigenvalue weighted by Gasteiger charge is -2.09. The fourth-order valence-corrected chi connectivity index (χ4v) is 1.51. The van der Waals surface area contributed by atoms with Crippen molar-refractivity contribution in [2.75, 3.05) is 0 Å². The van der Waals surface area contributed by atoms with Crippen LogP contribution in [-0.2, 0) is 0 Å². The molecule has 1 aromatic rings. The van der Waals surface area contributed by atoms with Gasteiger partial charge in [0.25, 0.3) is 0 Å². The average molecular weight is 269 g/mol. The van der Waals surface area contributed by atoms with Gasteiger partial charge in [0, 0.05) is 10.5 Å². The second-order valence-corrected chi connectivity index (χ2v) is 3.63. The molecule has 0 bridgehead atoms. The van der Waals surface area contributed by atoms with Gasteiger partial charge in [0.05, 0.1) is 0 Å². The smallest absolute Gasteiger partial charge is 0.124 e. The minimum atomic E-state index is -0.247. The van der Waals surface area contributed by atoms with Gasteiger partial charge in [-0.05, 0) is 30.2 Å². The molecule has 13 heavy (non-hydrogen) atoms. The Kier molecular flexibility index (Phi) is 5.53. The highest BCUT2D eigenvalue weighted by atomic mass is 79.9. The Labute approximate surface area is 92.1 Å². The quantitative estimate of drug-likeness (QED) is 0.874. The van der Waals surface area contributed by atoms with Crippen LogP contribution in [0, 0.1) is 5.82 Å². The lowest BCUT2D eigenvalue weighted by molar-refractivity contribution is 0.615. The molecule has 4 heteroatoms. The van der Waals surface area contributed by atoms with E-state index in [4.69, 9.17) is 5.73 Å². The first-order valence-electron chi connectivity index (χ1n) is 3.85. The van der Waals surface area contributed by atoms with Crippen LogP contribution in [0.25, 0.3) is 0 Å². The summed E-state index contributed by atoms with van der Waals surface area (Å²) in [5.74, 6) is -0.247. The largest absolute Gasteiger partial charge is 0.324 e. The molecule has 0 radical (unpaired) electrons. The zero-order valence-electron chi connectivity index (χ0n) is 7.26. The van der Waals surface area contributed by atoms with Crippen LogP contribution in [0.15, 0.2) is 22.7 Å². The summed E-state index contributed by atoms with van der Waals surface area (Å²) in [6.45, 7) is 1.98. The molecule has 0 saturated heterocycles. The van der Waals surface area contributed by atoms with Crippen molar-refractivity contribution >= 4 is 28.3 Å². The van der Waals surface area contributed by atoms with E-state index < -0.39 is 0 Å². The molecule has 0 saturated carbocycles. The van der Waals surface area contributed by atoms with Crippen LogP contribution in [0.3, 0.4) is 0 Å². The molecule has 74 valence electrons. The third kappa shape index (κ3) is 3.63. The summed E-state index contributed by atoms with van der Waals surface area (Å²) in [4.78, 5) is 0. The van der Waals surface area contributed by atoms with Gasteiger partial charge in [0.1, 0.15) is 5.82 Å². The molecule has 0 aliphatic heterocycles. The fourth-order valence-electron chi connectivity index (χ4n) is 1.02. The Balaban J connectivity index is 0.00000144. The van der Waals surface area contributed by atoms with Crippen LogP contribution < -0.4 is 5.73 Å². The van der Waals surface area contributed by atoms with Gasteiger partial charge in [-0.2, -0.15) is 0 Å². The molecule has 0 aliphatic rings. The van der Waals surface area contributed by atoms with Gasteiger partial charge >= 0.3 is 0 Å². The van der Waals surface area contributed by atoms with E-state index in [0.717, 1.165) is 16.5 Å². The van der Waals surface area contributed by atoms with E-state index in [1.165, 1.54) is 12.1 Å². The van der Waals surface area contributed by atoms with Crippen molar-refractivity contribution < 1.29 is 4.39 Å². The molecule has 1 atom stereocenters. The van der Waals surface area contributed by atoms with Gasteiger partial charge in [0.2, 0.25) is 0 Å². The molecular weight excluding hydrogens is 256 g/mol. The van der Waals surface area contributed by atoms with Crippen molar-refractivity contribution in [3.05, 3.63) is 34.1 Å². The summed E-state index contributed by atoms with van der Waals surface area (Å²) < 4.78 is 13.6. The normalized spacial score (nSPS) is 12.0. The molecular formula is C9H12BrClFN. The molecule has 2 N–H and O–H groups in total. The molecule has 0 heterocycles. The zero-order valence-corrected chi connectivity index (χ0v) is 9.66. The van der Waals surface area contributed by atoms with E-state index in [1.807, 2.05) is 13.0 Å². The molecule has 1 rings (SSSR count). The van der Waals surface area contributed by atoms with E-state index in [9.17, 15) is 4.39 Å². The zero-order chi connectivity index (χ0) is 9.14. The Bertz CT molecular complexity index is 260. The van der Waals surface area contributed by atoms with Crippen molar-refractivity contribution in [3.8, 4) is 0 Å². The first-order valence-corrected chi connectivity index (χ1v) is 4.64. The summed E-state index contributed by atoms with van der Waals surface area (Å²) in [5.41, 5.74) is 6.58. The minimum absolute atomic E-state index is 0. The fraction of sp³-hybridized carbons (Fsp3) is 0.333. The third-order valence-corrected chi connectivity index (χ3v) is 2.21. The minimum Gasteiger partial charge on any atom is -0.324 e. The van der Waals surface area contributed by atoms with Crippen LogP contribution in [0.5, 0.6) is 0 Å². The lowest BCUT2D eigenvalue weighted by Crippen LogP contribution is -2.08. The Hall–Kier alpha value is -0.120. The molecule has 0 unspecified atom stereocenters. The maximum absolute atomic E-state index is 12.8. The summed E-state index contributed by atoms with van der Waals surface area (Å²) >= 11 is 3.21. The van der Waals surface area contributed by atoms with E-state index in [2.05, 4.69) is 15.9 Å². The molecule has 0 fully saturated rings. The summed E-state index contributed by atoms with van der Waals surface area (Å²) in [6.07, 6.45) is 0.815. The second-order valence-electron chi connectivity index (χ2n) is 2.72. The third-order valence-electron chi connectivity index (χ3n) is 1.75. The maximum atomic E-state index is 12.8. The van der Waals surface area contributed by atoms with E-state index in [-0.39, 0.29) is 24.3 Å². The first kappa shape index (κ1) is 12.9. The van der Waals surface area contributed by atoms with Crippen molar-refractivity contribution in [3.63, 3.8) is 0 Å². The van der Waals surface area contributed by atoms with Crippen LogP contribution in [0.2, 0.25) is 0 Å². The van der Waals surface area contributed by atoms with Crippen molar-refractivity contribution in [1.29, 1.82) is 0 Å². The van der Waals surface area contributed by atoms with E-state index in [0.29, 0.717) is 0 Å². The molecule has 0 aliphatic carbocycles. The lowest BCUT2D eigenvalue weighted by atomic mass is 10.1. The van der Waals surface area contributed by atoms with E-state index >= 15 is 0 Å². The average Bonchev–Trinajstić information content (AvgIpc) is 2.01. The Morgan fingerprint density at radius 2 is 2.08 bits per heavy atom. The number of nitrogens with two attached hydrogens (primary N) is 1. The number of rotatable bonds is 2. The van der Waals surface area contributed by atoms with Gasteiger partial charge in [-0.3, -0.25) is 0 Å². The highest BCUT2D eigenvalue weighted by molar-refractivity contribution is 9.10. The Morgan fingerprint density at radius 3 is 2.54 bits per heavy atom. The second kappa shape index (κ2) is 5.58. The summed E-state index contributed by atoms with van der Waals surface area (Å²) in [5, 5.41) is 0. The molecule has 0 spiro atoms. The van der Waals surface area contributed by atoms with Gasteiger partial charge in [-0.15, -0.1) is 12.4 Å². The van der Waals surface area contributed by atoms with Crippen molar-refractivity contribution in [1.82, 2.24) is 0 Å². The van der Waals surface area contributed by atoms with Crippen molar-refractivity contribution in [2.45, 2.75) is 19.4 Å². The van der Waals surface area contributed by atoms with Crippen molar-refractivity contribution in [2.24, 2.45) is 5.73 Å². The highest BCUT2D eigenvalue weighted by Crippen LogP contribution is 2.20. The topological polar surface area (TPSA) is 26.0 Å². The summed E-state index contributed by atoms with van der Waals surface area (Å²) in [6, 6.07) is 4.67. The standard InChI is InChI=1S/C9H11BrFN.ClH/c1-2-9(12)6-3-7(10)5-8(11)4-6;/h3-5,9H,2,12H2,1H3;1H/t9-;/m1./s1. The number of halogens is 3. The number of hydrogen-bond acceptors (Lipinski definition) is 1. The predicted molar refractivity (Wildman–Crippen MR) is 58.6 cm³/mol. The van der Waals surface area contributed by atoms with Gasteiger partial charge in [-0.25, -0.2) is 4.39 Å². The van der Waals surface area contributed by atoms with Crippen LogP contribution in [0.4, 0.5) is 4.39 Å². The van der Waals surface area contributed by atoms with Gasteiger partial charge < -0.3 is 5.73 Å².